The lowest BCUT2D eigenvalue weighted by Crippen LogP contribution is -2.09. The Bertz CT molecular complexity index is 1300. The van der Waals surface area contributed by atoms with Crippen LogP contribution in [0.4, 0.5) is 17.1 Å². The maximum Gasteiger partial charge on any atom is 0.119 e. The van der Waals surface area contributed by atoms with Crippen molar-refractivity contribution < 1.29 is 9.47 Å². The molecule has 0 spiro atoms. The number of nitrogens with zero attached hydrogens (tertiary/aromatic N) is 2. The first-order chi connectivity index (χ1) is 15.2. The van der Waals surface area contributed by atoms with Gasteiger partial charge in [-0.2, -0.15) is 0 Å². The molecule has 0 unspecified atom stereocenters. The Morgan fingerprint density at radius 1 is 0.581 bits per heavy atom. The highest BCUT2D eigenvalue weighted by Gasteiger charge is 2.15. The SMILES string of the molecule is COc1ccc(N(c2ccc(OC)cc2)c2ccc3c(c2)c2ccccc2n3C)cc1. The largest absolute Gasteiger partial charge is 0.497 e. The van der Waals surface area contributed by atoms with Gasteiger partial charge in [-0.05, 0) is 72.8 Å². The summed E-state index contributed by atoms with van der Waals surface area (Å²) in [6.07, 6.45) is 0. The van der Waals surface area contributed by atoms with Crippen molar-refractivity contribution in [3.8, 4) is 11.5 Å². The van der Waals surface area contributed by atoms with Gasteiger partial charge in [0.2, 0.25) is 0 Å². The molecule has 31 heavy (non-hydrogen) atoms. The molecule has 0 aliphatic rings. The second kappa shape index (κ2) is 7.73. The van der Waals surface area contributed by atoms with Gasteiger partial charge in [0.05, 0.1) is 14.2 Å². The molecule has 0 N–H and O–H groups in total. The molecule has 1 heterocycles. The van der Waals surface area contributed by atoms with Crippen LogP contribution < -0.4 is 14.4 Å². The standard InChI is InChI=1S/C27H24N2O2/c1-28-26-7-5-4-6-24(26)25-18-21(12-17-27(25)28)29(19-8-13-22(30-2)14-9-19)20-10-15-23(31-3)16-11-20/h4-18H,1-3H3. The molecule has 0 fully saturated rings. The Morgan fingerprint density at radius 2 is 1.10 bits per heavy atom. The van der Waals surface area contributed by atoms with Crippen molar-refractivity contribution in [2.24, 2.45) is 7.05 Å². The molecule has 0 atom stereocenters. The van der Waals surface area contributed by atoms with Crippen LogP contribution in [0, 0.1) is 0 Å². The number of ether oxygens (including phenoxy) is 2. The van der Waals surface area contributed by atoms with Gasteiger partial charge in [0.1, 0.15) is 11.5 Å². The van der Waals surface area contributed by atoms with Gasteiger partial charge < -0.3 is 18.9 Å². The fraction of sp³-hybridized carbons (Fsp3) is 0.111. The average Bonchev–Trinajstić information content (AvgIpc) is 3.12. The number of fused-ring (bicyclic) bond motifs is 3. The first-order valence-electron chi connectivity index (χ1n) is 10.2. The van der Waals surface area contributed by atoms with E-state index >= 15 is 0 Å². The number of benzene rings is 4. The fourth-order valence-electron chi connectivity index (χ4n) is 4.20. The van der Waals surface area contributed by atoms with Gasteiger partial charge in [-0.25, -0.2) is 0 Å². The topological polar surface area (TPSA) is 26.6 Å². The van der Waals surface area contributed by atoms with E-state index in [0.717, 1.165) is 28.6 Å². The molecule has 4 aromatic carbocycles. The fourth-order valence-corrected chi connectivity index (χ4v) is 4.20. The maximum absolute atomic E-state index is 5.36. The van der Waals surface area contributed by atoms with E-state index in [-0.39, 0.29) is 0 Å². The number of methoxy groups -OCH3 is 2. The third-order valence-electron chi connectivity index (χ3n) is 5.82. The summed E-state index contributed by atoms with van der Waals surface area (Å²) in [6.45, 7) is 0. The smallest absolute Gasteiger partial charge is 0.119 e. The summed E-state index contributed by atoms with van der Waals surface area (Å²) in [4.78, 5) is 2.25. The van der Waals surface area contributed by atoms with E-state index in [1.165, 1.54) is 21.8 Å². The predicted molar refractivity (Wildman–Crippen MR) is 128 cm³/mol. The highest BCUT2D eigenvalue weighted by molar-refractivity contribution is 6.09. The quantitative estimate of drug-likeness (QED) is 0.319. The van der Waals surface area contributed by atoms with E-state index in [1.807, 2.05) is 24.3 Å². The third-order valence-corrected chi connectivity index (χ3v) is 5.82. The van der Waals surface area contributed by atoms with Crippen molar-refractivity contribution in [1.82, 2.24) is 4.57 Å². The molecule has 0 bridgehead atoms. The molecule has 0 radical (unpaired) electrons. The Labute approximate surface area is 181 Å². The van der Waals surface area contributed by atoms with E-state index in [9.17, 15) is 0 Å². The molecule has 0 aliphatic carbocycles. The zero-order valence-corrected chi connectivity index (χ0v) is 17.9. The molecule has 4 nitrogen and oxygen atoms in total. The molecule has 4 heteroatoms. The summed E-state index contributed by atoms with van der Waals surface area (Å²) in [5.74, 6) is 1.67. The van der Waals surface area contributed by atoms with E-state index in [4.69, 9.17) is 9.47 Å². The maximum atomic E-state index is 5.36. The lowest BCUT2D eigenvalue weighted by Gasteiger charge is -2.26. The summed E-state index contributed by atoms with van der Waals surface area (Å²) < 4.78 is 13.0. The molecular formula is C27H24N2O2. The Hall–Kier alpha value is -3.92. The van der Waals surface area contributed by atoms with Crippen LogP contribution in [-0.4, -0.2) is 18.8 Å². The van der Waals surface area contributed by atoms with Crippen LogP contribution in [0.25, 0.3) is 21.8 Å². The molecule has 0 amide bonds. The number of hydrogen-bond acceptors (Lipinski definition) is 3. The number of para-hydroxylation sites is 1. The van der Waals surface area contributed by atoms with Crippen molar-refractivity contribution in [1.29, 1.82) is 0 Å². The minimum Gasteiger partial charge on any atom is -0.497 e. The molecule has 0 saturated heterocycles. The first kappa shape index (κ1) is 19.1. The van der Waals surface area contributed by atoms with Crippen LogP contribution in [-0.2, 0) is 7.05 Å². The van der Waals surface area contributed by atoms with Crippen LogP contribution >= 0.6 is 0 Å². The van der Waals surface area contributed by atoms with Crippen LogP contribution in [0.3, 0.4) is 0 Å². The van der Waals surface area contributed by atoms with Gasteiger partial charge in [-0.3, -0.25) is 0 Å². The van der Waals surface area contributed by atoms with Gasteiger partial charge in [0, 0.05) is 45.9 Å². The molecule has 0 aliphatic heterocycles. The molecule has 0 saturated carbocycles. The second-order valence-corrected chi connectivity index (χ2v) is 7.51. The van der Waals surface area contributed by atoms with Gasteiger partial charge in [0.15, 0.2) is 0 Å². The highest BCUT2D eigenvalue weighted by atomic mass is 16.5. The van der Waals surface area contributed by atoms with E-state index < -0.39 is 0 Å². The van der Waals surface area contributed by atoms with Gasteiger partial charge in [-0.1, -0.05) is 18.2 Å². The van der Waals surface area contributed by atoms with Crippen LogP contribution in [0.1, 0.15) is 0 Å². The van der Waals surface area contributed by atoms with Crippen molar-refractivity contribution in [3.63, 3.8) is 0 Å². The summed E-state index contributed by atoms with van der Waals surface area (Å²) in [5.41, 5.74) is 5.67. The Kier molecular flexibility index (Phi) is 4.75. The minimum absolute atomic E-state index is 0.836. The molecule has 5 aromatic rings. The molecule has 1 aromatic heterocycles. The number of aryl methyl sites for hydroxylation is 1. The van der Waals surface area contributed by atoms with Crippen molar-refractivity contribution in [3.05, 3.63) is 91.0 Å². The Balaban J connectivity index is 1.71. The highest BCUT2D eigenvalue weighted by Crippen LogP contribution is 2.39. The molecule has 5 rings (SSSR count). The summed E-state index contributed by atoms with van der Waals surface area (Å²) in [5, 5.41) is 2.49. The zero-order chi connectivity index (χ0) is 21.4. The Morgan fingerprint density at radius 3 is 1.68 bits per heavy atom. The lowest BCUT2D eigenvalue weighted by molar-refractivity contribution is 0.415. The monoisotopic (exact) mass is 408 g/mol. The first-order valence-corrected chi connectivity index (χ1v) is 10.2. The van der Waals surface area contributed by atoms with Crippen LogP contribution in [0.15, 0.2) is 91.0 Å². The summed E-state index contributed by atoms with van der Waals surface area (Å²) in [7, 11) is 5.49. The zero-order valence-electron chi connectivity index (χ0n) is 17.9. The van der Waals surface area contributed by atoms with Crippen molar-refractivity contribution in [2.45, 2.75) is 0 Å². The van der Waals surface area contributed by atoms with Crippen LogP contribution in [0.5, 0.6) is 11.5 Å². The minimum atomic E-state index is 0.836. The number of rotatable bonds is 5. The molecular weight excluding hydrogens is 384 g/mol. The average molecular weight is 409 g/mol. The van der Waals surface area contributed by atoms with E-state index in [2.05, 4.69) is 83.2 Å². The van der Waals surface area contributed by atoms with Crippen molar-refractivity contribution in [2.75, 3.05) is 19.1 Å². The van der Waals surface area contributed by atoms with Gasteiger partial charge >= 0.3 is 0 Å². The van der Waals surface area contributed by atoms with Crippen molar-refractivity contribution >= 4 is 38.9 Å². The molecule has 154 valence electrons. The van der Waals surface area contributed by atoms with Gasteiger partial charge in [0.25, 0.3) is 0 Å². The number of anilines is 3. The lowest BCUT2D eigenvalue weighted by atomic mass is 10.1. The summed E-state index contributed by atoms with van der Waals surface area (Å²) in [6, 6.07) is 31.5. The normalized spacial score (nSPS) is 11.1. The van der Waals surface area contributed by atoms with Crippen LogP contribution in [0.2, 0.25) is 0 Å². The number of aromatic nitrogens is 1. The van der Waals surface area contributed by atoms with E-state index in [1.54, 1.807) is 14.2 Å². The number of hydrogen-bond donors (Lipinski definition) is 0. The van der Waals surface area contributed by atoms with E-state index in [0.29, 0.717) is 0 Å². The third kappa shape index (κ3) is 3.26. The summed E-state index contributed by atoms with van der Waals surface area (Å²) >= 11 is 0. The van der Waals surface area contributed by atoms with Gasteiger partial charge in [-0.15, -0.1) is 0 Å². The second-order valence-electron chi connectivity index (χ2n) is 7.51. The predicted octanol–water partition coefficient (Wildman–Crippen LogP) is 6.82.